The maximum Gasteiger partial charge on any atom is 0.331 e. The monoisotopic (exact) mass is 759 g/mol. The highest BCUT2D eigenvalue weighted by Crippen LogP contribution is 2.69. The third-order valence-electron chi connectivity index (χ3n) is 12.7. The molecule has 7 atom stereocenters. The van der Waals surface area contributed by atoms with E-state index < -0.39 is 46.6 Å². The number of carbonyl (C=O) groups excluding carboxylic acids is 2. The predicted octanol–water partition coefficient (Wildman–Crippen LogP) is 3.69. The van der Waals surface area contributed by atoms with E-state index in [4.69, 9.17) is 28.4 Å². The van der Waals surface area contributed by atoms with Crippen LogP contribution >= 0.6 is 11.8 Å². The number of methoxy groups -OCH3 is 2. The van der Waals surface area contributed by atoms with E-state index in [0.717, 1.165) is 22.3 Å². The van der Waals surface area contributed by atoms with Crippen molar-refractivity contribution in [2.75, 3.05) is 46.5 Å². The number of ether oxygens (including phenoxy) is 6. The summed E-state index contributed by atoms with van der Waals surface area (Å²) in [4.78, 5) is 32.0. The molecule has 8 aliphatic rings. The molecule has 8 heterocycles. The van der Waals surface area contributed by atoms with E-state index in [1.54, 1.807) is 19.2 Å². The Bertz CT molecular complexity index is 2200. The van der Waals surface area contributed by atoms with E-state index in [2.05, 4.69) is 21.2 Å². The van der Waals surface area contributed by atoms with Crippen molar-refractivity contribution in [3.05, 3.63) is 62.7 Å². The van der Waals surface area contributed by atoms with Crippen LogP contribution in [0.1, 0.15) is 81.2 Å². The van der Waals surface area contributed by atoms with Gasteiger partial charge >= 0.3 is 11.9 Å². The molecule has 3 aromatic carbocycles. The van der Waals surface area contributed by atoms with E-state index in [1.165, 1.54) is 25.8 Å². The van der Waals surface area contributed by atoms with Gasteiger partial charge in [0.1, 0.15) is 18.1 Å². The molecule has 4 bridgehead atoms. The van der Waals surface area contributed by atoms with Crippen molar-refractivity contribution in [1.29, 1.82) is 0 Å². The standard InChI is InChI=1S/C39H41N3O11S/c1-16-8-20-22-11-38(47)13-41(22)29(26(20)31(45)32(16)49-5)30-36-28-27(35-34(51-15-52-35)17(2)33(28)53-18(3)43)23(42(30)38)12-50-37(46)39(14-54-36)21-10-25(48-4)24(44)9-19(21)6-7-40-39/h8-10,22-23,29-30,36,40,44-45,47H,6-7,11-15H2,1-5H3/t22?,23-,29?,30?,36+,38-,39+/m0/s1. The second kappa shape index (κ2) is 11.6. The Morgan fingerprint density at radius 1 is 1.02 bits per heavy atom. The molecule has 3 saturated heterocycles. The minimum atomic E-state index is -1.36. The van der Waals surface area contributed by atoms with Gasteiger partial charge in [0.15, 0.2) is 40.0 Å². The summed E-state index contributed by atoms with van der Waals surface area (Å²) < 4.78 is 36.0. The average Bonchev–Trinajstić information content (AvgIpc) is 3.82. The molecular formula is C39H41N3O11S. The zero-order valence-corrected chi connectivity index (χ0v) is 31.3. The van der Waals surface area contributed by atoms with Crippen LogP contribution in [0.5, 0.6) is 40.2 Å². The first-order chi connectivity index (χ1) is 25.9. The normalized spacial score (nSPS) is 31.4. The van der Waals surface area contributed by atoms with Crippen LogP contribution in [-0.4, -0.2) is 95.3 Å². The summed E-state index contributed by atoms with van der Waals surface area (Å²) in [6.45, 7) is 5.60. The summed E-state index contributed by atoms with van der Waals surface area (Å²) in [5.74, 6) is 1.07. The maximum absolute atomic E-state index is 14.7. The zero-order chi connectivity index (χ0) is 37.6. The molecule has 15 heteroatoms. The summed E-state index contributed by atoms with van der Waals surface area (Å²) in [5, 5.41) is 38.6. The number of rotatable bonds is 3. The fourth-order valence-electron chi connectivity index (χ4n) is 10.7. The summed E-state index contributed by atoms with van der Waals surface area (Å²) in [6, 6.07) is 3.48. The second-order valence-corrected chi connectivity index (χ2v) is 16.5. The van der Waals surface area contributed by atoms with Crippen molar-refractivity contribution >= 4 is 23.7 Å². The van der Waals surface area contributed by atoms with Gasteiger partial charge in [0, 0.05) is 66.5 Å². The maximum atomic E-state index is 14.7. The van der Waals surface area contributed by atoms with Crippen LogP contribution in [-0.2, 0) is 26.3 Å². The molecule has 0 radical (unpaired) electrons. The van der Waals surface area contributed by atoms with Crippen molar-refractivity contribution in [3.8, 4) is 40.2 Å². The fraction of sp³-hybridized carbons (Fsp3) is 0.487. The number of esters is 2. The summed E-state index contributed by atoms with van der Waals surface area (Å²) >= 11 is 1.49. The number of piperazine rings is 1. The smallest absolute Gasteiger partial charge is 0.331 e. The van der Waals surface area contributed by atoms with Gasteiger partial charge in [0.25, 0.3) is 0 Å². The highest BCUT2D eigenvalue weighted by molar-refractivity contribution is 7.99. The van der Waals surface area contributed by atoms with Crippen molar-refractivity contribution < 1.29 is 53.3 Å². The lowest BCUT2D eigenvalue weighted by molar-refractivity contribution is -0.195. The van der Waals surface area contributed by atoms with E-state index in [0.29, 0.717) is 64.6 Å². The van der Waals surface area contributed by atoms with Gasteiger partial charge in [-0.05, 0) is 54.7 Å². The lowest BCUT2D eigenvalue weighted by Gasteiger charge is -2.59. The van der Waals surface area contributed by atoms with Gasteiger partial charge in [-0.2, -0.15) is 0 Å². The Kier molecular flexibility index (Phi) is 7.30. The molecule has 0 saturated carbocycles. The number of benzene rings is 3. The third kappa shape index (κ3) is 4.27. The quantitative estimate of drug-likeness (QED) is 0.225. The molecule has 11 rings (SSSR count). The van der Waals surface area contributed by atoms with E-state index in [9.17, 15) is 24.9 Å². The number of hydrogen-bond donors (Lipinski definition) is 4. The summed E-state index contributed by atoms with van der Waals surface area (Å²) in [7, 11) is 3.01. The van der Waals surface area contributed by atoms with Gasteiger partial charge in [0.05, 0.1) is 31.6 Å². The van der Waals surface area contributed by atoms with Gasteiger partial charge in [-0.1, -0.05) is 6.07 Å². The van der Waals surface area contributed by atoms with Crippen LogP contribution in [0.25, 0.3) is 0 Å². The molecule has 54 heavy (non-hydrogen) atoms. The van der Waals surface area contributed by atoms with Crippen molar-refractivity contribution in [3.63, 3.8) is 0 Å². The van der Waals surface area contributed by atoms with Crippen LogP contribution in [0.15, 0.2) is 18.2 Å². The lowest BCUT2D eigenvalue weighted by atomic mass is 9.76. The van der Waals surface area contributed by atoms with Crippen LogP contribution in [0.2, 0.25) is 0 Å². The van der Waals surface area contributed by atoms with Gasteiger partial charge in [-0.15, -0.1) is 11.8 Å². The molecule has 3 aromatic rings. The minimum absolute atomic E-state index is 0.0183. The Morgan fingerprint density at radius 3 is 2.57 bits per heavy atom. The van der Waals surface area contributed by atoms with Crippen molar-refractivity contribution in [1.82, 2.24) is 15.1 Å². The molecule has 4 N–H and O–H groups in total. The number of fused-ring (bicyclic) bond motifs is 9. The van der Waals surface area contributed by atoms with E-state index in [1.807, 2.05) is 13.8 Å². The molecule has 8 aliphatic heterocycles. The van der Waals surface area contributed by atoms with E-state index >= 15 is 0 Å². The molecule has 3 unspecified atom stereocenters. The highest BCUT2D eigenvalue weighted by Gasteiger charge is 2.68. The molecule has 3 fully saturated rings. The number of hydrogen-bond acceptors (Lipinski definition) is 15. The number of aromatic hydroxyl groups is 2. The molecule has 284 valence electrons. The van der Waals surface area contributed by atoms with Crippen LogP contribution in [0.3, 0.4) is 0 Å². The zero-order valence-electron chi connectivity index (χ0n) is 30.5. The SMILES string of the molecule is COc1cc2c(cc1O)CCN[C@]21CS[C@@H]2c3c(OC(C)=O)c(C)c4c(c3[C@H](COC1=O)N1C2C2c3c(cc(C)c(OC)c3O)C3C[C@]1(O)CN32)OCO4. The largest absolute Gasteiger partial charge is 0.504 e. The number of aliphatic hydroxyl groups is 1. The van der Waals surface area contributed by atoms with Gasteiger partial charge in [0.2, 0.25) is 6.79 Å². The first kappa shape index (κ1) is 34.1. The second-order valence-electron chi connectivity index (χ2n) is 15.3. The number of nitrogens with one attached hydrogen (secondary N) is 1. The Balaban J connectivity index is 1.25. The van der Waals surface area contributed by atoms with E-state index in [-0.39, 0.29) is 49.0 Å². The van der Waals surface area contributed by atoms with Crippen LogP contribution < -0.4 is 29.0 Å². The first-order valence-electron chi connectivity index (χ1n) is 18.2. The molecule has 0 aromatic heterocycles. The number of thioether (sulfide) groups is 1. The number of phenols is 2. The molecular weight excluding hydrogens is 719 g/mol. The molecule has 0 aliphatic carbocycles. The number of phenolic OH excluding ortho intramolecular Hbond substituents is 2. The Morgan fingerprint density at radius 2 is 1.81 bits per heavy atom. The molecule has 0 amide bonds. The number of aryl methyl sites for hydroxylation is 1. The predicted molar refractivity (Wildman–Crippen MR) is 192 cm³/mol. The van der Waals surface area contributed by atoms with Crippen molar-refractivity contribution in [2.24, 2.45) is 0 Å². The Hall–Kier alpha value is -4.41. The van der Waals surface area contributed by atoms with Crippen LogP contribution in [0.4, 0.5) is 0 Å². The minimum Gasteiger partial charge on any atom is -0.504 e. The molecule has 1 spiro atoms. The number of nitrogens with zero attached hydrogens (tertiary/aromatic N) is 2. The van der Waals surface area contributed by atoms with Crippen LogP contribution in [0, 0.1) is 13.8 Å². The molecule has 14 nitrogen and oxygen atoms in total. The first-order valence-corrected chi connectivity index (χ1v) is 19.2. The van der Waals surface area contributed by atoms with Crippen molar-refractivity contribution in [2.45, 2.75) is 74.3 Å². The average molecular weight is 760 g/mol. The summed E-state index contributed by atoms with van der Waals surface area (Å²) in [6.07, 6.45) is 0.916. The topological polar surface area (TPSA) is 169 Å². The number of carbonyl (C=O) groups is 2. The highest BCUT2D eigenvalue weighted by atomic mass is 32.2. The third-order valence-corrected chi connectivity index (χ3v) is 14.2. The summed E-state index contributed by atoms with van der Waals surface area (Å²) in [5.41, 5.74) is 3.15. The lowest BCUT2D eigenvalue weighted by Crippen LogP contribution is -2.67. The fourth-order valence-corrected chi connectivity index (χ4v) is 12.4. The van der Waals surface area contributed by atoms with Gasteiger partial charge < -0.3 is 43.7 Å². The van der Waals surface area contributed by atoms with Gasteiger partial charge in [-0.3, -0.25) is 19.9 Å². The van der Waals surface area contributed by atoms with Gasteiger partial charge in [-0.25, -0.2) is 4.79 Å². The Labute approximate surface area is 315 Å².